The van der Waals surface area contributed by atoms with E-state index in [1.807, 2.05) is 37.3 Å². The molecule has 0 saturated carbocycles. The molecular weight excluding hydrogens is 326 g/mol. The number of nitrogen functional groups attached to an aromatic ring is 1. The molecule has 4 nitrogen and oxygen atoms in total. The molecule has 0 aliphatic carbocycles. The summed E-state index contributed by atoms with van der Waals surface area (Å²) in [6.45, 7) is 6.61. The van der Waals surface area contributed by atoms with Gasteiger partial charge in [-0.25, -0.2) is 0 Å². The van der Waals surface area contributed by atoms with Gasteiger partial charge in [0, 0.05) is 11.6 Å². The zero-order valence-electron chi connectivity index (χ0n) is 15.9. The number of phenolic OH excluding ortho intramolecular Hbond substituents is 1. The fraction of sp³-hybridized carbons (Fsp3) is 0.273. The summed E-state index contributed by atoms with van der Waals surface area (Å²) in [5.41, 5.74) is 10.6. The fourth-order valence-corrected chi connectivity index (χ4v) is 2.63. The van der Waals surface area contributed by atoms with E-state index in [4.69, 9.17) is 15.2 Å². The van der Waals surface area contributed by atoms with Crippen LogP contribution in [0.3, 0.4) is 0 Å². The van der Waals surface area contributed by atoms with Crippen LogP contribution in [0.5, 0.6) is 17.2 Å². The van der Waals surface area contributed by atoms with Crippen molar-refractivity contribution in [3.63, 3.8) is 0 Å². The summed E-state index contributed by atoms with van der Waals surface area (Å²) in [4.78, 5) is 0. The van der Waals surface area contributed by atoms with Gasteiger partial charge in [-0.05, 0) is 56.5 Å². The second-order valence-corrected chi connectivity index (χ2v) is 6.27. The van der Waals surface area contributed by atoms with Crippen molar-refractivity contribution in [1.82, 2.24) is 0 Å². The molecule has 0 aromatic heterocycles. The molecule has 0 saturated heterocycles. The van der Waals surface area contributed by atoms with Gasteiger partial charge in [-0.15, -0.1) is 0 Å². The lowest BCUT2D eigenvalue weighted by atomic mass is 10.00. The number of anilines is 1. The maximum absolute atomic E-state index is 10.1. The highest BCUT2D eigenvalue weighted by Crippen LogP contribution is 2.31. The molecule has 26 heavy (non-hydrogen) atoms. The number of aromatic hydroxyl groups is 1. The minimum atomic E-state index is 0.184. The first-order chi connectivity index (χ1) is 12.4. The first-order valence-electron chi connectivity index (χ1n) is 8.68. The van der Waals surface area contributed by atoms with Crippen molar-refractivity contribution in [2.75, 3.05) is 19.5 Å². The van der Waals surface area contributed by atoms with Crippen LogP contribution in [0.1, 0.15) is 37.5 Å². The Labute approximate surface area is 155 Å². The van der Waals surface area contributed by atoms with Gasteiger partial charge in [0.1, 0.15) is 17.2 Å². The van der Waals surface area contributed by atoms with E-state index in [1.165, 1.54) is 5.57 Å². The van der Waals surface area contributed by atoms with Gasteiger partial charge in [0.05, 0.1) is 19.4 Å². The molecular formula is C22H27NO3. The summed E-state index contributed by atoms with van der Waals surface area (Å²) < 4.78 is 11.0. The molecule has 3 N–H and O–H groups in total. The minimum absolute atomic E-state index is 0.184. The van der Waals surface area contributed by atoms with Crippen molar-refractivity contribution >= 4 is 17.8 Å². The first kappa shape index (κ1) is 19.4. The van der Waals surface area contributed by atoms with Crippen molar-refractivity contribution in [2.24, 2.45) is 0 Å². The largest absolute Gasteiger partial charge is 0.508 e. The number of nitrogens with two attached hydrogens (primary N) is 1. The molecule has 138 valence electrons. The fourth-order valence-electron chi connectivity index (χ4n) is 2.63. The van der Waals surface area contributed by atoms with E-state index in [0.717, 1.165) is 23.1 Å². The van der Waals surface area contributed by atoms with Crippen LogP contribution in [0, 0.1) is 0 Å². The molecule has 2 rings (SSSR count). The molecule has 0 spiro atoms. The summed E-state index contributed by atoms with van der Waals surface area (Å²) in [6, 6.07) is 9.05. The topological polar surface area (TPSA) is 64.7 Å². The van der Waals surface area contributed by atoms with E-state index in [-0.39, 0.29) is 5.75 Å². The second-order valence-electron chi connectivity index (χ2n) is 6.27. The molecule has 0 aliphatic rings. The Morgan fingerprint density at radius 3 is 2.54 bits per heavy atom. The maximum atomic E-state index is 10.1. The summed E-state index contributed by atoms with van der Waals surface area (Å²) in [5, 5.41) is 10.1. The van der Waals surface area contributed by atoms with Gasteiger partial charge >= 0.3 is 0 Å². The van der Waals surface area contributed by atoms with Crippen LogP contribution < -0.4 is 15.2 Å². The third kappa shape index (κ3) is 5.06. The number of ether oxygens (including phenoxy) is 2. The average Bonchev–Trinajstić information content (AvgIpc) is 2.60. The highest BCUT2D eigenvalue weighted by molar-refractivity contribution is 5.75. The second kappa shape index (κ2) is 8.99. The number of hydrogen-bond donors (Lipinski definition) is 2. The van der Waals surface area contributed by atoms with Gasteiger partial charge in [-0.1, -0.05) is 29.9 Å². The lowest BCUT2D eigenvalue weighted by Crippen LogP contribution is -1.99. The lowest BCUT2D eigenvalue weighted by molar-refractivity contribution is 0.334. The smallest absolute Gasteiger partial charge is 0.142 e. The predicted molar refractivity (Wildman–Crippen MR) is 109 cm³/mol. The molecule has 0 aliphatic heterocycles. The van der Waals surface area contributed by atoms with Crippen LogP contribution in [-0.4, -0.2) is 18.8 Å². The molecule has 0 fully saturated rings. The zero-order chi connectivity index (χ0) is 19.1. The predicted octanol–water partition coefficient (Wildman–Crippen LogP) is 5.06. The summed E-state index contributed by atoms with van der Waals surface area (Å²) in [6.07, 6.45) is 6.83. The molecule has 0 amide bonds. The van der Waals surface area contributed by atoms with Crippen molar-refractivity contribution < 1.29 is 14.6 Å². The van der Waals surface area contributed by atoms with Crippen LogP contribution >= 0.6 is 0 Å². The third-order valence-corrected chi connectivity index (χ3v) is 3.96. The average molecular weight is 353 g/mol. The highest BCUT2D eigenvalue weighted by Gasteiger charge is 2.10. The van der Waals surface area contributed by atoms with Crippen LogP contribution in [0.15, 0.2) is 42.0 Å². The van der Waals surface area contributed by atoms with Gasteiger partial charge in [0.15, 0.2) is 0 Å². The number of hydrogen-bond acceptors (Lipinski definition) is 4. The van der Waals surface area contributed by atoms with Gasteiger partial charge in [-0.3, -0.25) is 0 Å². The van der Waals surface area contributed by atoms with Gasteiger partial charge < -0.3 is 20.3 Å². The number of benzene rings is 2. The zero-order valence-corrected chi connectivity index (χ0v) is 15.9. The first-order valence-corrected chi connectivity index (χ1v) is 8.68. The Morgan fingerprint density at radius 2 is 1.88 bits per heavy atom. The van der Waals surface area contributed by atoms with Crippen LogP contribution in [0.2, 0.25) is 0 Å². The number of phenols is 1. The van der Waals surface area contributed by atoms with E-state index in [0.29, 0.717) is 23.8 Å². The maximum Gasteiger partial charge on any atom is 0.142 e. The Morgan fingerprint density at radius 1 is 1.12 bits per heavy atom. The molecule has 0 bridgehead atoms. The van der Waals surface area contributed by atoms with E-state index in [9.17, 15) is 5.11 Å². The Hall–Kier alpha value is -2.88. The standard InChI is InChI=1S/C22H27NO3/c1-5-26-21-14-18(24)13-17(19(21)10-6-15(2)3)9-7-16-8-11-20(23)22(12-16)25-4/h6-9,11-14,24H,5,10,23H2,1-4H3. The minimum Gasteiger partial charge on any atom is -0.508 e. The van der Waals surface area contributed by atoms with Crippen molar-refractivity contribution in [1.29, 1.82) is 0 Å². The van der Waals surface area contributed by atoms with Crippen molar-refractivity contribution in [3.8, 4) is 17.2 Å². The molecule has 0 radical (unpaired) electrons. The van der Waals surface area contributed by atoms with Crippen LogP contribution in [0.25, 0.3) is 12.2 Å². The summed E-state index contributed by atoms with van der Waals surface area (Å²) >= 11 is 0. The number of allylic oxidation sites excluding steroid dienone is 2. The molecule has 2 aromatic rings. The monoisotopic (exact) mass is 353 g/mol. The van der Waals surface area contributed by atoms with E-state index in [1.54, 1.807) is 19.2 Å². The lowest BCUT2D eigenvalue weighted by Gasteiger charge is -2.13. The number of rotatable bonds is 7. The van der Waals surface area contributed by atoms with Crippen LogP contribution in [0.4, 0.5) is 5.69 Å². The van der Waals surface area contributed by atoms with Crippen molar-refractivity contribution in [2.45, 2.75) is 27.2 Å². The normalized spacial score (nSPS) is 10.8. The Kier molecular flexibility index (Phi) is 6.73. The van der Waals surface area contributed by atoms with Gasteiger partial charge in [0.25, 0.3) is 0 Å². The SMILES string of the molecule is CCOc1cc(O)cc(C=Cc2ccc(N)c(OC)c2)c1CC=C(C)C. The Balaban J connectivity index is 2.44. The Bertz CT molecular complexity index is 818. The van der Waals surface area contributed by atoms with Gasteiger partial charge in [-0.2, -0.15) is 0 Å². The van der Waals surface area contributed by atoms with Crippen molar-refractivity contribution in [3.05, 3.63) is 58.7 Å². The highest BCUT2D eigenvalue weighted by atomic mass is 16.5. The van der Waals surface area contributed by atoms with E-state index >= 15 is 0 Å². The summed E-state index contributed by atoms with van der Waals surface area (Å²) in [5.74, 6) is 1.53. The molecule has 0 atom stereocenters. The van der Waals surface area contributed by atoms with E-state index in [2.05, 4.69) is 19.9 Å². The number of methoxy groups -OCH3 is 1. The summed E-state index contributed by atoms with van der Waals surface area (Å²) in [7, 11) is 1.60. The molecule has 0 unspecified atom stereocenters. The van der Waals surface area contributed by atoms with Gasteiger partial charge in [0.2, 0.25) is 0 Å². The molecule has 2 aromatic carbocycles. The van der Waals surface area contributed by atoms with E-state index < -0.39 is 0 Å². The third-order valence-electron chi connectivity index (χ3n) is 3.96. The van der Waals surface area contributed by atoms with Crippen LogP contribution in [-0.2, 0) is 6.42 Å². The molecule has 4 heteroatoms. The quantitative estimate of drug-likeness (QED) is 0.415. The molecule has 0 heterocycles.